The van der Waals surface area contributed by atoms with Crippen LogP contribution < -0.4 is 5.32 Å². The highest BCUT2D eigenvalue weighted by atomic mass is 16.3. The van der Waals surface area contributed by atoms with Gasteiger partial charge in [-0.2, -0.15) is 0 Å². The molecular weight excluding hydrogens is 242 g/mol. The van der Waals surface area contributed by atoms with Gasteiger partial charge < -0.3 is 9.73 Å². The van der Waals surface area contributed by atoms with Crippen molar-refractivity contribution in [1.29, 1.82) is 0 Å². The Morgan fingerprint density at radius 2 is 1.89 bits per heavy atom. The van der Waals surface area contributed by atoms with Crippen molar-refractivity contribution < 1.29 is 14.0 Å². The second kappa shape index (κ2) is 6.00. The molecule has 0 aliphatic rings. The molecule has 0 aliphatic carbocycles. The Labute approximate surface area is 111 Å². The maximum Gasteiger partial charge on any atom is 0.292 e. The van der Waals surface area contributed by atoms with Gasteiger partial charge >= 0.3 is 0 Å². The summed E-state index contributed by atoms with van der Waals surface area (Å²) in [5.74, 6) is -0.544. The minimum Gasteiger partial charge on any atom is -0.467 e. The smallest absolute Gasteiger partial charge is 0.292 e. The average Bonchev–Trinajstić information content (AvgIpc) is 2.97. The van der Waals surface area contributed by atoms with Crippen LogP contribution in [0.15, 0.2) is 47.1 Å². The number of furan rings is 1. The molecule has 2 aromatic rings. The largest absolute Gasteiger partial charge is 0.467 e. The lowest BCUT2D eigenvalue weighted by molar-refractivity contribution is -0.117. The quantitative estimate of drug-likeness (QED) is 0.660. The van der Waals surface area contributed by atoms with E-state index in [0.717, 1.165) is 12.0 Å². The van der Waals surface area contributed by atoms with Crippen LogP contribution in [-0.4, -0.2) is 11.7 Å². The van der Waals surface area contributed by atoms with Crippen LogP contribution >= 0.6 is 0 Å². The summed E-state index contributed by atoms with van der Waals surface area (Å²) < 4.78 is 5.07. The van der Waals surface area contributed by atoms with E-state index in [-0.39, 0.29) is 6.54 Å². The molecule has 0 saturated heterocycles. The Hall–Kier alpha value is -2.36. The van der Waals surface area contributed by atoms with Crippen molar-refractivity contribution in [2.24, 2.45) is 0 Å². The van der Waals surface area contributed by atoms with E-state index in [9.17, 15) is 9.59 Å². The van der Waals surface area contributed by atoms with Crippen molar-refractivity contribution in [2.75, 3.05) is 0 Å². The van der Waals surface area contributed by atoms with Crippen LogP contribution in [-0.2, 0) is 17.8 Å². The van der Waals surface area contributed by atoms with Gasteiger partial charge in [0.05, 0.1) is 12.8 Å². The van der Waals surface area contributed by atoms with Crippen LogP contribution in [0.1, 0.15) is 28.6 Å². The molecule has 1 aromatic heterocycles. The summed E-state index contributed by atoms with van der Waals surface area (Å²) in [7, 11) is 0. The Balaban J connectivity index is 1.96. The van der Waals surface area contributed by atoms with Crippen LogP contribution in [0, 0.1) is 0 Å². The molecule has 1 amide bonds. The Kier molecular flexibility index (Phi) is 4.13. The highest BCUT2D eigenvalue weighted by Crippen LogP contribution is 2.06. The van der Waals surface area contributed by atoms with Gasteiger partial charge in [0.2, 0.25) is 5.78 Å². The molecular formula is C15H15NO3. The van der Waals surface area contributed by atoms with Crippen molar-refractivity contribution in [3.05, 3.63) is 59.5 Å². The number of carbonyl (C=O) groups is 2. The van der Waals surface area contributed by atoms with E-state index in [1.807, 2.05) is 19.1 Å². The molecule has 4 heteroatoms. The lowest BCUT2D eigenvalue weighted by atomic mass is 10.1. The standard InChI is InChI=1S/C15H15NO3/c1-2-11-5-7-12(8-6-11)14(17)15(18)16-10-13-4-3-9-19-13/h3-9H,2,10H2,1H3,(H,16,18). The zero-order valence-electron chi connectivity index (χ0n) is 10.7. The van der Waals surface area contributed by atoms with Crippen LogP contribution in [0.5, 0.6) is 0 Å². The zero-order valence-corrected chi connectivity index (χ0v) is 10.7. The van der Waals surface area contributed by atoms with E-state index < -0.39 is 11.7 Å². The number of aryl methyl sites for hydroxylation is 1. The van der Waals surface area contributed by atoms with Gasteiger partial charge in [-0.1, -0.05) is 31.2 Å². The molecule has 0 atom stereocenters. The number of rotatable bonds is 5. The fraction of sp³-hybridized carbons (Fsp3) is 0.200. The second-order valence-electron chi connectivity index (χ2n) is 4.14. The SMILES string of the molecule is CCc1ccc(C(=O)C(=O)NCc2ccco2)cc1. The van der Waals surface area contributed by atoms with Gasteiger partial charge in [0.1, 0.15) is 5.76 Å². The van der Waals surface area contributed by atoms with Gasteiger partial charge in [0.25, 0.3) is 5.91 Å². The highest BCUT2D eigenvalue weighted by Gasteiger charge is 2.15. The molecule has 98 valence electrons. The number of hydrogen-bond donors (Lipinski definition) is 1. The van der Waals surface area contributed by atoms with Gasteiger partial charge in [-0.3, -0.25) is 9.59 Å². The highest BCUT2D eigenvalue weighted by molar-refractivity contribution is 6.42. The monoisotopic (exact) mass is 257 g/mol. The molecule has 0 bridgehead atoms. The minimum atomic E-state index is -0.624. The van der Waals surface area contributed by atoms with Gasteiger partial charge in [0, 0.05) is 5.56 Å². The molecule has 19 heavy (non-hydrogen) atoms. The number of carbonyl (C=O) groups excluding carboxylic acids is 2. The van der Waals surface area contributed by atoms with Crippen LogP contribution in [0.3, 0.4) is 0 Å². The Morgan fingerprint density at radius 1 is 1.16 bits per heavy atom. The fourth-order valence-electron chi connectivity index (χ4n) is 1.68. The molecule has 1 N–H and O–H groups in total. The Morgan fingerprint density at radius 3 is 2.47 bits per heavy atom. The molecule has 1 aromatic carbocycles. The molecule has 0 aliphatic heterocycles. The second-order valence-corrected chi connectivity index (χ2v) is 4.14. The molecule has 1 heterocycles. The number of nitrogens with one attached hydrogen (secondary N) is 1. The molecule has 0 unspecified atom stereocenters. The number of ketones is 1. The average molecular weight is 257 g/mol. The number of Topliss-reactive ketones (excluding diaryl/α,β-unsaturated/α-hetero) is 1. The number of amides is 1. The van der Waals surface area contributed by atoms with Crippen LogP contribution in [0.2, 0.25) is 0 Å². The van der Waals surface area contributed by atoms with Gasteiger partial charge in [0.15, 0.2) is 0 Å². The molecule has 0 spiro atoms. The van der Waals surface area contributed by atoms with Crippen LogP contribution in [0.4, 0.5) is 0 Å². The summed E-state index contributed by atoms with van der Waals surface area (Å²) in [6.45, 7) is 2.25. The normalized spacial score (nSPS) is 10.2. The first kappa shape index (κ1) is 13.1. The molecule has 2 rings (SSSR count). The van der Waals surface area contributed by atoms with E-state index in [0.29, 0.717) is 11.3 Å². The maximum absolute atomic E-state index is 11.9. The summed E-state index contributed by atoms with van der Waals surface area (Å²) in [4.78, 5) is 23.6. The van der Waals surface area contributed by atoms with Crippen LogP contribution in [0.25, 0.3) is 0 Å². The van der Waals surface area contributed by atoms with E-state index in [1.54, 1.807) is 24.3 Å². The Bertz CT molecular complexity index is 556. The van der Waals surface area contributed by atoms with E-state index in [1.165, 1.54) is 6.26 Å². The van der Waals surface area contributed by atoms with E-state index >= 15 is 0 Å². The lowest BCUT2D eigenvalue weighted by Gasteiger charge is -2.03. The summed E-state index contributed by atoms with van der Waals surface area (Å²) in [6, 6.07) is 10.5. The van der Waals surface area contributed by atoms with E-state index in [2.05, 4.69) is 5.32 Å². The summed E-state index contributed by atoms with van der Waals surface area (Å²) in [6.07, 6.45) is 2.42. The molecule has 0 saturated carbocycles. The maximum atomic E-state index is 11.9. The first-order valence-corrected chi connectivity index (χ1v) is 6.14. The first-order valence-electron chi connectivity index (χ1n) is 6.14. The van der Waals surface area contributed by atoms with Crippen molar-refractivity contribution in [3.8, 4) is 0 Å². The molecule has 0 radical (unpaired) electrons. The summed E-state index contributed by atoms with van der Waals surface area (Å²) in [5, 5.41) is 2.53. The molecule has 4 nitrogen and oxygen atoms in total. The third kappa shape index (κ3) is 3.31. The predicted octanol–water partition coefficient (Wildman–Crippen LogP) is 2.34. The minimum absolute atomic E-state index is 0.213. The lowest BCUT2D eigenvalue weighted by Crippen LogP contribution is -2.30. The predicted molar refractivity (Wildman–Crippen MR) is 70.7 cm³/mol. The first-order chi connectivity index (χ1) is 9.20. The summed E-state index contributed by atoms with van der Waals surface area (Å²) >= 11 is 0. The number of hydrogen-bond acceptors (Lipinski definition) is 3. The van der Waals surface area contributed by atoms with Crippen molar-refractivity contribution in [3.63, 3.8) is 0 Å². The summed E-state index contributed by atoms with van der Waals surface area (Å²) in [5.41, 5.74) is 1.53. The van der Waals surface area contributed by atoms with Crippen molar-refractivity contribution >= 4 is 11.7 Å². The van der Waals surface area contributed by atoms with E-state index in [4.69, 9.17) is 4.42 Å². The van der Waals surface area contributed by atoms with Gasteiger partial charge in [-0.25, -0.2) is 0 Å². The number of benzene rings is 1. The van der Waals surface area contributed by atoms with Crippen molar-refractivity contribution in [1.82, 2.24) is 5.32 Å². The molecule has 0 fully saturated rings. The fourth-order valence-corrected chi connectivity index (χ4v) is 1.68. The van der Waals surface area contributed by atoms with Gasteiger partial charge in [-0.05, 0) is 24.1 Å². The third-order valence-corrected chi connectivity index (χ3v) is 2.83. The van der Waals surface area contributed by atoms with Crippen molar-refractivity contribution in [2.45, 2.75) is 19.9 Å². The third-order valence-electron chi connectivity index (χ3n) is 2.83. The zero-order chi connectivity index (χ0) is 13.7. The van der Waals surface area contributed by atoms with Gasteiger partial charge in [-0.15, -0.1) is 0 Å². The topological polar surface area (TPSA) is 59.3 Å².